The SMILES string of the molecule is COc1cccc(CCC2(C)CCCN2)c1. The van der Waals surface area contributed by atoms with E-state index in [-0.39, 0.29) is 0 Å². The lowest BCUT2D eigenvalue weighted by Crippen LogP contribution is -2.36. The number of ether oxygens (including phenoxy) is 1. The van der Waals surface area contributed by atoms with Crippen molar-refractivity contribution in [3.8, 4) is 5.75 Å². The zero-order valence-corrected chi connectivity index (χ0v) is 10.3. The van der Waals surface area contributed by atoms with Crippen molar-refractivity contribution >= 4 is 0 Å². The van der Waals surface area contributed by atoms with Gasteiger partial charge >= 0.3 is 0 Å². The van der Waals surface area contributed by atoms with Gasteiger partial charge < -0.3 is 10.1 Å². The van der Waals surface area contributed by atoms with E-state index in [1.165, 1.54) is 31.4 Å². The number of hydrogen-bond donors (Lipinski definition) is 1. The van der Waals surface area contributed by atoms with Crippen LogP contribution in [-0.4, -0.2) is 19.2 Å². The molecule has 1 saturated heterocycles. The Balaban J connectivity index is 1.93. The largest absolute Gasteiger partial charge is 0.497 e. The van der Waals surface area contributed by atoms with Crippen LogP contribution in [0.25, 0.3) is 0 Å². The van der Waals surface area contributed by atoms with Crippen molar-refractivity contribution in [2.75, 3.05) is 13.7 Å². The van der Waals surface area contributed by atoms with Crippen LogP contribution in [0, 0.1) is 0 Å². The van der Waals surface area contributed by atoms with Gasteiger partial charge in [-0.15, -0.1) is 0 Å². The molecule has 0 saturated carbocycles. The Hall–Kier alpha value is -1.02. The number of nitrogens with one attached hydrogen (secondary N) is 1. The first-order valence-corrected chi connectivity index (χ1v) is 6.10. The third kappa shape index (κ3) is 2.76. The second-order valence-corrected chi connectivity index (χ2v) is 4.94. The van der Waals surface area contributed by atoms with Gasteiger partial charge in [-0.05, 0) is 56.8 Å². The summed E-state index contributed by atoms with van der Waals surface area (Å²) in [6, 6.07) is 8.39. The maximum absolute atomic E-state index is 5.24. The fourth-order valence-electron chi connectivity index (χ4n) is 2.42. The molecular formula is C14H21NO. The summed E-state index contributed by atoms with van der Waals surface area (Å²) in [5, 5.41) is 3.60. The smallest absolute Gasteiger partial charge is 0.119 e. The van der Waals surface area contributed by atoms with E-state index in [0.717, 1.165) is 12.2 Å². The summed E-state index contributed by atoms with van der Waals surface area (Å²) in [7, 11) is 1.72. The van der Waals surface area contributed by atoms with Gasteiger partial charge in [-0.25, -0.2) is 0 Å². The normalized spacial score (nSPS) is 24.6. The molecule has 2 rings (SSSR count). The molecule has 2 nitrogen and oxygen atoms in total. The van der Waals surface area contributed by atoms with E-state index >= 15 is 0 Å². The summed E-state index contributed by atoms with van der Waals surface area (Å²) < 4.78 is 5.24. The van der Waals surface area contributed by atoms with Crippen molar-refractivity contribution in [3.63, 3.8) is 0 Å². The predicted octanol–water partition coefficient (Wildman–Crippen LogP) is 2.77. The molecule has 16 heavy (non-hydrogen) atoms. The van der Waals surface area contributed by atoms with Crippen molar-refractivity contribution in [2.24, 2.45) is 0 Å². The molecule has 0 spiro atoms. The Labute approximate surface area is 98.0 Å². The minimum Gasteiger partial charge on any atom is -0.497 e. The second-order valence-electron chi connectivity index (χ2n) is 4.94. The number of aryl methyl sites for hydroxylation is 1. The molecule has 1 heterocycles. The first-order chi connectivity index (χ1) is 7.72. The van der Waals surface area contributed by atoms with E-state index < -0.39 is 0 Å². The molecule has 1 N–H and O–H groups in total. The van der Waals surface area contributed by atoms with Crippen molar-refractivity contribution in [2.45, 2.75) is 38.1 Å². The fraction of sp³-hybridized carbons (Fsp3) is 0.571. The van der Waals surface area contributed by atoms with Gasteiger partial charge in [0.1, 0.15) is 5.75 Å². The fourth-order valence-corrected chi connectivity index (χ4v) is 2.42. The van der Waals surface area contributed by atoms with E-state index in [1.807, 2.05) is 6.07 Å². The van der Waals surface area contributed by atoms with Crippen LogP contribution in [0.1, 0.15) is 31.7 Å². The van der Waals surface area contributed by atoms with E-state index in [2.05, 4.69) is 30.4 Å². The highest BCUT2D eigenvalue weighted by molar-refractivity contribution is 5.28. The molecule has 88 valence electrons. The monoisotopic (exact) mass is 219 g/mol. The zero-order valence-electron chi connectivity index (χ0n) is 10.3. The average Bonchev–Trinajstić information content (AvgIpc) is 2.75. The van der Waals surface area contributed by atoms with Crippen molar-refractivity contribution in [1.82, 2.24) is 5.32 Å². The van der Waals surface area contributed by atoms with Gasteiger partial charge in [0, 0.05) is 5.54 Å². The molecule has 1 unspecified atom stereocenters. The van der Waals surface area contributed by atoms with Crippen molar-refractivity contribution in [3.05, 3.63) is 29.8 Å². The van der Waals surface area contributed by atoms with Crippen LogP contribution in [-0.2, 0) is 6.42 Å². The van der Waals surface area contributed by atoms with Gasteiger partial charge in [-0.2, -0.15) is 0 Å². The Morgan fingerprint density at radius 1 is 1.44 bits per heavy atom. The van der Waals surface area contributed by atoms with Gasteiger partial charge in [0.25, 0.3) is 0 Å². The maximum atomic E-state index is 5.24. The Bertz CT molecular complexity index is 342. The van der Waals surface area contributed by atoms with E-state index in [9.17, 15) is 0 Å². The molecule has 0 aliphatic carbocycles. The van der Waals surface area contributed by atoms with Crippen LogP contribution in [0.3, 0.4) is 0 Å². The van der Waals surface area contributed by atoms with Gasteiger partial charge in [0.05, 0.1) is 7.11 Å². The first-order valence-electron chi connectivity index (χ1n) is 6.10. The number of hydrogen-bond acceptors (Lipinski definition) is 2. The van der Waals surface area contributed by atoms with E-state index in [4.69, 9.17) is 4.74 Å². The third-order valence-electron chi connectivity index (χ3n) is 3.56. The quantitative estimate of drug-likeness (QED) is 0.840. The number of rotatable bonds is 4. The molecule has 1 atom stereocenters. The van der Waals surface area contributed by atoms with Crippen molar-refractivity contribution in [1.29, 1.82) is 0 Å². The molecule has 1 fully saturated rings. The summed E-state index contributed by atoms with van der Waals surface area (Å²) in [6.45, 7) is 3.51. The van der Waals surface area contributed by atoms with Crippen LogP contribution in [0.2, 0.25) is 0 Å². The Morgan fingerprint density at radius 2 is 2.31 bits per heavy atom. The molecule has 0 amide bonds. The summed E-state index contributed by atoms with van der Waals surface area (Å²) >= 11 is 0. The summed E-state index contributed by atoms with van der Waals surface area (Å²) in [5.74, 6) is 0.960. The standard InChI is InChI=1S/C14H21NO/c1-14(8-4-10-15-14)9-7-12-5-3-6-13(11-12)16-2/h3,5-6,11,15H,4,7-10H2,1-2H3. The Kier molecular flexibility index (Phi) is 3.49. The highest BCUT2D eigenvalue weighted by atomic mass is 16.5. The molecule has 1 aromatic carbocycles. The second kappa shape index (κ2) is 4.88. The molecule has 2 heteroatoms. The molecule has 1 aliphatic rings. The van der Waals surface area contributed by atoms with E-state index in [1.54, 1.807) is 7.11 Å². The van der Waals surface area contributed by atoms with Crippen molar-refractivity contribution < 1.29 is 4.74 Å². The van der Waals surface area contributed by atoms with Gasteiger partial charge in [0.15, 0.2) is 0 Å². The molecule has 0 radical (unpaired) electrons. The van der Waals surface area contributed by atoms with Crippen LogP contribution in [0.4, 0.5) is 0 Å². The number of benzene rings is 1. The first kappa shape index (κ1) is 11.5. The van der Waals surface area contributed by atoms with Crippen LogP contribution in [0.15, 0.2) is 24.3 Å². The Morgan fingerprint density at radius 3 is 3.00 bits per heavy atom. The minimum absolute atomic E-state index is 0.350. The summed E-state index contributed by atoms with van der Waals surface area (Å²) in [4.78, 5) is 0. The molecule has 0 bridgehead atoms. The van der Waals surface area contributed by atoms with Gasteiger partial charge in [-0.1, -0.05) is 12.1 Å². The van der Waals surface area contributed by atoms with Crippen LogP contribution >= 0.6 is 0 Å². The lowest BCUT2D eigenvalue weighted by atomic mass is 9.92. The van der Waals surface area contributed by atoms with Crippen LogP contribution in [0.5, 0.6) is 5.75 Å². The summed E-state index contributed by atoms with van der Waals surface area (Å²) in [5.41, 5.74) is 1.72. The summed E-state index contributed by atoms with van der Waals surface area (Å²) in [6.07, 6.45) is 4.95. The molecule has 0 aromatic heterocycles. The predicted molar refractivity (Wildman–Crippen MR) is 67.0 cm³/mol. The lowest BCUT2D eigenvalue weighted by Gasteiger charge is -2.24. The van der Waals surface area contributed by atoms with E-state index in [0.29, 0.717) is 5.54 Å². The minimum atomic E-state index is 0.350. The topological polar surface area (TPSA) is 21.3 Å². The molecule has 1 aliphatic heterocycles. The average molecular weight is 219 g/mol. The molecular weight excluding hydrogens is 198 g/mol. The highest BCUT2D eigenvalue weighted by Crippen LogP contribution is 2.25. The lowest BCUT2D eigenvalue weighted by molar-refractivity contribution is 0.383. The maximum Gasteiger partial charge on any atom is 0.119 e. The van der Waals surface area contributed by atoms with Gasteiger partial charge in [0.2, 0.25) is 0 Å². The van der Waals surface area contributed by atoms with Gasteiger partial charge in [-0.3, -0.25) is 0 Å². The molecule has 1 aromatic rings. The zero-order chi connectivity index (χ0) is 11.4. The van der Waals surface area contributed by atoms with Crippen LogP contribution < -0.4 is 10.1 Å². The third-order valence-corrected chi connectivity index (χ3v) is 3.56. The highest BCUT2D eigenvalue weighted by Gasteiger charge is 2.27. The number of methoxy groups -OCH3 is 1.